The fourth-order valence-corrected chi connectivity index (χ4v) is 3.46. The van der Waals surface area contributed by atoms with Crippen molar-refractivity contribution in [3.8, 4) is 0 Å². The van der Waals surface area contributed by atoms with E-state index in [-0.39, 0.29) is 24.8 Å². The average molecular weight is 369 g/mol. The Labute approximate surface area is 158 Å². The van der Waals surface area contributed by atoms with Crippen molar-refractivity contribution in [3.05, 3.63) is 48.0 Å². The molecule has 24 heavy (non-hydrogen) atoms. The fourth-order valence-electron chi connectivity index (χ4n) is 3.46. The number of hydrogen-bond donors (Lipinski definition) is 1. The van der Waals surface area contributed by atoms with Crippen LogP contribution in [0.1, 0.15) is 38.3 Å². The van der Waals surface area contributed by atoms with Gasteiger partial charge in [0.15, 0.2) is 0 Å². The van der Waals surface area contributed by atoms with Crippen LogP contribution in [0.4, 0.5) is 0 Å². The maximum absolute atomic E-state index is 3.47. The molecule has 1 N–H and O–H groups in total. The van der Waals surface area contributed by atoms with Gasteiger partial charge in [0.1, 0.15) is 0 Å². The third-order valence-electron chi connectivity index (χ3n) is 4.77. The molecular formula is C20H30Cl2N2. The van der Waals surface area contributed by atoms with Crippen LogP contribution in [0.2, 0.25) is 0 Å². The molecule has 0 bridgehead atoms. The first-order valence-corrected chi connectivity index (χ1v) is 8.67. The first-order chi connectivity index (χ1) is 10.7. The van der Waals surface area contributed by atoms with Gasteiger partial charge in [0, 0.05) is 32.2 Å². The van der Waals surface area contributed by atoms with E-state index in [0.29, 0.717) is 6.04 Å². The monoisotopic (exact) mass is 368 g/mol. The maximum atomic E-state index is 3.47. The first-order valence-electron chi connectivity index (χ1n) is 8.67. The van der Waals surface area contributed by atoms with Gasteiger partial charge in [0.05, 0.1) is 0 Å². The van der Waals surface area contributed by atoms with Crippen LogP contribution in [0.5, 0.6) is 0 Å². The molecule has 1 saturated heterocycles. The van der Waals surface area contributed by atoms with E-state index in [1.165, 1.54) is 29.2 Å². The molecule has 1 fully saturated rings. The topological polar surface area (TPSA) is 15.3 Å². The van der Waals surface area contributed by atoms with E-state index in [4.69, 9.17) is 0 Å². The summed E-state index contributed by atoms with van der Waals surface area (Å²) in [5.74, 6) is 0.769. The van der Waals surface area contributed by atoms with Crippen molar-refractivity contribution in [2.45, 2.75) is 32.7 Å². The lowest BCUT2D eigenvalue weighted by molar-refractivity contribution is 0.160. The van der Waals surface area contributed by atoms with Crippen LogP contribution in [0.3, 0.4) is 0 Å². The summed E-state index contributed by atoms with van der Waals surface area (Å²) in [4.78, 5) is 2.67. The number of nitrogens with zero attached hydrogens (tertiary/aromatic N) is 1. The summed E-state index contributed by atoms with van der Waals surface area (Å²) in [5.41, 5.74) is 1.49. The van der Waals surface area contributed by atoms with E-state index in [1.54, 1.807) is 0 Å². The molecule has 2 aromatic carbocycles. The van der Waals surface area contributed by atoms with E-state index >= 15 is 0 Å². The van der Waals surface area contributed by atoms with Gasteiger partial charge in [-0.15, -0.1) is 24.8 Å². The van der Waals surface area contributed by atoms with Crippen molar-refractivity contribution in [3.63, 3.8) is 0 Å². The standard InChI is InChI=1S/C20H28N2.2ClH/c1-16(2)7-10-20(22-13-11-21-12-14-22)19-9-8-17-5-3-4-6-18(17)15-19;;/h3-6,8-9,15-16,20-21H,7,10-14H2,1-2H3;2*1H/t20-;;/m0../s1. The lowest BCUT2D eigenvalue weighted by Gasteiger charge is -2.36. The molecule has 0 saturated carbocycles. The number of halogens is 2. The fraction of sp³-hybridized carbons (Fsp3) is 0.500. The van der Waals surface area contributed by atoms with Gasteiger partial charge < -0.3 is 5.32 Å². The van der Waals surface area contributed by atoms with Crippen molar-refractivity contribution >= 4 is 35.6 Å². The Balaban J connectivity index is 0.00000144. The van der Waals surface area contributed by atoms with Gasteiger partial charge in [-0.05, 0) is 41.2 Å². The Bertz CT molecular complexity index is 609. The highest BCUT2D eigenvalue weighted by molar-refractivity contribution is 5.85. The van der Waals surface area contributed by atoms with E-state index in [1.807, 2.05) is 0 Å². The summed E-state index contributed by atoms with van der Waals surface area (Å²) >= 11 is 0. The SMILES string of the molecule is CC(C)CC[C@@H](c1ccc2ccccc2c1)N1CCNCC1.Cl.Cl. The summed E-state index contributed by atoms with van der Waals surface area (Å²) in [6, 6.07) is 16.3. The number of piperazine rings is 1. The molecule has 4 heteroatoms. The minimum atomic E-state index is 0. The molecule has 0 aliphatic carbocycles. The molecule has 3 rings (SSSR count). The Hall–Kier alpha value is -0.800. The van der Waals surface area contributed by atoms with Gasteiger partial charge in [-0.2, -0.15) is 0 Å². The molecule has 1 aliphatic heterocycles. The summed E-state index contributed by atoms with van der Waals surface area (Å²) < 4.78 is 0. The first kappa shape index (κ1) is 21.2. The number of fused-ring (bicyclic) bond motifs is 1. The van der Waals surface area contributed by atoms with Gasteiger partial charge in [0.25, 0.3) is 0 Å². The molecule has 0 radical (unpaired) electrons. The summed E-state index contributed by atoms with van der Waals surface area (Å²) in [7, 11) is 0. The lowest BCUT2D eigenvalue weighted by Crippen LogP contribution is -2.45. The van der Waals surface area contributed by atoms with Gasteiger partial charge in [-0.3, -0.25) is 4.90 Å². The lowest BCUT2D eigenvalue weighted by atomic mass is 9.94. The maximum Gasteiger partial charge on any atom is 0.0349 e. The summed E-state index contributed by atoms with van der Waals surface area (Å²) in [6.45, 7) is 9.22. The van der Waals surface area contributed by atoms with Crippen molar-refractivity contribution < 1.29 is 0 Å². The number of benzene rings is 2. The van der Waals surface area contributed by atoms with Crippen LogP contribution >= 0.6 is 24.8 Å². The summed E-state index contributed by atoms with van der Waals surface area (Å²) in [5, 5.41) is 6.18. The normalized spacial score (nSPS) is 16.5. The van der Waals surface area contributed by atoms with Gasteiger partial charge in [-0.25, -0.2) is 0 Å². The molecule has 1 aliphatic rings. The number of nitrogens with one attached hydrogen (secondary N) is 1. The van der Waals surface area contributed by atoms with Crippen LogP contribution in [0.25, 0.3) is 10.8 Å². The Kier molecular flexibility index (Phi) is 9.07. The van der Waals surface area contributed by atoms with Crippen LogP contribution in [-0.2, 0) is 0 Å². The van der Waals surface area contributed by atoms with E-state index in [0.717, 1.165) is 32.1 Å². The zero-order chi connectivity index (χ0) is 15.4. The molecule has 0 amide bonds. The van der Waals surface area contributed by atoms with Gasteiger partial charge >= 0.3 is 0 Å². The zero-order valence-electron chi connectivity index (χ0n) is 14.7. The van der Waals surface area contributed by atoms with E-state index in [2.05, 4.69) is 66.5 Å². The predicted octanol–water partition coefficient (Wildman–Crippen LogP) is 5.07. The largest absolute Gasteiger partial charge is 0.314 e. The highest BCUT2D eigenvalue weighted by atomic mass is 35.5. The third kappa shape index (κ3) is 5.35. The molecule has 2 nitrogen and oxygen atoms in total. The quantitative estimate of drug-likeness (QED) is 0.792. The highest BCUT2D eigenvalue weighted by Crippen LogP contribution is 2.30. The van der Waals surface area contributed by atoms with Gasteiger partial charge in [0.2, 0.25) is 0 Å². The number of hydrogen-bond acceptors (Lipinski definition) is 2. The summed E-state index contributed by atoms with van der Waals surface area (Å²) in [6.07, 6.45) is 2.55. The van der Waals surface area contributed by atoms with Crippen LogP contribution in [-0.4, -0.2) is 31.1 Å². The molecule has 1 heterocycles. The number of rotatable bonds is 5. The van der Waals surface area contributed by atoms with Crippen molar-refractivity contribution in [2.75, 3.05) is 26.2 Å². The predicted molar refractivity (Wildman–Crippen MR) is 110 cm³/mol. The smallest absolute Gasteiger partial charge is 0.0349 e. The second-order valence-electron chi connectivity index (χ2n) is 6.88. The minimum Gasteiger partial charge on any atom is -0.314 e. The molecular weight excluding hydrogens is 339 g/mol. The van der Waals surface area contributed by atoms with E-state index in [9.17, 15) is 0 Å². The Morgan fingerprint density at radius 2 is 1.58 bits per heavy atom. The van der Waals surface area contributed by atoms with Crippen molar-refractivity contribution in [1.29, 1.82) is 0 Å². The third-order valence-corrected chi connectivity index (χ3v) is 4.77. The van der Waals surface area contributed by atoms with Crippen LogP contribution < -0.4 is 5.32 Å². The molecule has 0 spiro atoms. The molecule has 2 aromatic rings. The van der Waals surface area contributed by atoms with Gasteiger partial charge in [-0.1, -0.05) is 50.2 Å². The second-order valence-corrected chi connectivity index (χ2v) is 6.88. The molecule has 0 aromatic heterocycles. The highest BCUT2D eigenvalue weighted by Gasteiger charge is 2.22. The Morgan fingerprint density at radius 3 is 2.25 bits per heavy atom. The molecule has 1 atom stereocenters. The minimum absolute atomic E-state index is 0. The Morgan fingerprint density at radius 1 is 0.917 bits per heavy atom. The zero-order valence-corrected chi connectivity index (χ0v) is 16.3. The van der Waals surface area contributed by atoms with Crippen molar-refractivity contribution in [2.24, 2.45) is 5.92 Å². The second kappa shape index (κ2) is 10.2. The molecule has 134 valence electrons. The van der Waals surface area contributed by atoms with Crippen LogP contribution in [0, 0.1) is 5.92 Å². The van der Waals surface area contributed by atoms with E-state index < -0.39 is 0 Å². The van der Waals surface area contributed by atoms with Crippen molar-refractivity contribution in [1.82, 2.24) is 10.2 Å². The average Bonchev–Trinajstić information content (AvgIpc) is 2.55. The van der Waals surface area contributed by atoms with Crippen LogP contribution in [0.15, 0.2) is 42.5 Å². The molecule has 0 unspecified atom stereocenters.